The van der Waals surface area contributed by atoms with Crippen LogP contribution in [0, 0.1) is 5.92 Å². The standard InChI is InChI=1S/C21H32N6O/c1-2-27-15-18(13-23-27)14-24-9-11-25(12-10-24)20-16-26(8-6-19(20)17-28)21-5-3-4-7-22-21/h3-5,7,13,15,19-20,28H,2,6,8-12,14,16-17H2,1H3. The lowest BCUT2D eigenvalue weighted by molar-refractivity contribution is 0.0397. The van der Waals surface area contributed by atoms with Gasteiger partial charge in [0, 0.05) is 88.9 Å². The highest BCUT2D eigenvalue weighted by Crippen LogP contribution is 2.26. The highest BCUT2D eigenvalue weighted by Gasteiger charge is 2.35. The third-order valence-electron chi connectivity index (χ3n) is 6.22. The first kappa shape index (κ1) is 19.4. The number of pyridine rings is 1. The number of aliphatic hydroxyl groups is 1. The minimum atomic E-state index is 0.275. The summed E-state index contributed by atoms with van der Waals surface area (Å²) in [6.07, 6.45) is 7.03. The number of piperazine rings is 1. The molecule has 2 unspecified atom stereocenters. The van der Waals surface area contributed by atoms with Crippen LogP contribution in [-0.4, -0.2) is 81.6 Å². The molecule has 0 spiro atoms. The molecule has 2 aliphatic heterocycles. The van der Waals surface area contributed by atoms with Gasteiger partial charge < -0.3 is 10.0 Å². The molecule has 28 heavy (non-hydrogen) atoms. The van der Waals surface area contributed by atoms with Gasteiger partial charge in [-0.25, -0.2) is 4.98 Å². The molecule has 0 aliphatic carbocycles. The zero-order chi connectivity index (χ0) is 19.3. The summed E-state index contributed by atoms with van der Waals surface area (Å²) in [5, 5.41) is 14.3. The predicted octanol–water partition coefficient (Wildman–Crippen LogP) is 1.30. The lowest BCUT2D eigenvalue weighted by Crippen LogP contribution is -2.58. The highest BCUT2D eigenvalue weighted by atomic mass is 16.3. The number of hydrogen-bond acceptors (Lipinski definition) is 6. The van der Waals surface area contributed by atoms with E-state index in [2.05, 4.69) is 50.0 Å². The van der Waals surface area contributed by atoms with Gasteiger partial charge in [0.25, 0.3) is 0 Å². The molecule has 7 nitrogen and oxygen atoms in total. The molecule has 2 aromatic rings. The van der Waals surface area contributed by atoms with Crippen molar-refractivity contribution < 1.29 is 5.11 Å². The van der Waals surface area contributed by atoms with Crippen LogP contribution in [0.15, 0.2) is 36.8 Å². The Bertz CT molecular complexity index is 728. The smallest absolute Gasteiger partial charge is 0.128 e. The van der Waals surface area contributed by atoms with E-state index in [0.717, 1.165) is 64.6 Å². The van der Waals surface area contributed by atoms with E-state index in [0.29, 0.717) is 12.0 Å². The number of nitrogens with zero attached hydrogens (tertiary/aromatic N) is 6. The van der Waals surface area contributed by atoms with Crippen LogP contribution in [0.3, 0.4) is 0 Å². The first-order valence-corrected chi connectivity index (χ1v) is 10.5. The Balaban J connectivity index is 1.35. The van der Waals surface area contributed by atoms with E-state index >= 15 is 0 Å². The van der Waals surface area contributed by atoms with E-state index in [1.54, 1.807) is 0 Å². The zero-order valence-electron chi connectivity index (χ0n) is 16.8. The maximum absolute atomic E-state index is 9.94. The molecule has 7 heteroatoms. The second-order valence-corrected chi connectivity index (χ2v) is 7.95. The third kappa shape index (κ3) is 4.37. The van der Waals surface area contributed by atoms with Gasteiger partial charge in [-0.3, -0.25) is 14.5 Å². The van der Waals surface area contributed by atoms with E-state index in [-0.39, 0.29) is 6.61 Å². The van der Waals surface area contributed by atoms with E-state index in [1.165, 1.54) is 5.56 Å². The van der Waals surface area contributed by atoms with Crippen LogP contribution in [0.2, 0.25) is 0 Å². The molecule has 2 saturated heterocycles. The Morgan fingerprint density at radius 2 is 2.00 bits per heavy atom. The topological polar surface area (TPSA) is 60.7 Å². The number of aryl methyl sites for hydroxylation is 1. The van der Waals surface area contributed by atoms with Crippen LogP contribution in [-0.2, 0) is 13.1 Å². The normalized spacial score (nSPS) is 24.6. The van der Waals surface area contributed by atoms with Crippen LogP contribution in [0.25, 0.3) is 0 Å². The maximum Gasteiger partial charge on any atom is 0.128 e. The fourth-order valence-corrected chi connectivity index (χ4v) is 4.53. The lowest BCUT2D eigenvalue weighted by Gasteiger charge is -2.47. The minimum Gasteiger partial charge on any atom is -0.396 e. The second-order valence-electron chi connectivity index (χ2n) is 7.95. The highest BCUT2D eigenvalue weighted by molar-refractivity contribution is 5.38. The fourth-order valence-electron chi connectivity index (χ4n) is 4.53. The molecule has 4 heterocycles. The van der Waals surface area contributed by atoms with Crippen molar-refractivity contribution in [2.75, 3.05) is 50.8 Å². The van der Waals surface area contributed by atoms with Crippen molar-refractivity contribution in [1.82, 2.24) is 24.6 Å². The Morgan fingerprint density at radius 1 is 1.14 bits per heavy atom. The van der Waals surface area contributed by atoms with E-state index < -0.39 is 0 Å². The van der Waals surface area contributed by atoms with Gasteiger partial charge >= 0.3 is 0 Å². The van der Waals surface area contributed by atoms with E-state index in [9.17, 15) is 5.11 Å². The number of rotatable bonds is 6. The quantitative estimate of drug-likeness (QED) is 0.810. The van der Waals surface area contributed by atoms with Gasteiger partial charge in [-0.1, -0.05) is 6.07 Å². The first-order chi connectivity index (χ1) is 13.8. The molecule has 2 atom stereocenters. The molecule has 4 rings (SSSR count). The molecule has 2 aliphatic rings. The summed E-state index contributed by atoms with van der Waals surface area (Å²) in [6.45, 7) is 10.4. The first-order valence-electron chi connectivity index (χ1n) is 10.5. The van der Waals surface area contributed by atoms with Gasteiger partial charge in [0.2, 0.25) is 0 Å². The summed E-state index contributed by atoms with van der Waals surface area (Å²) in [6, 6.07) is 6.50. The second kappa shape index (κ2) is 9.03. The maximum atomic E-state index is 9.94. The molecule has 2 fully saturated rings. The molecule has 0 amide bonds. The molecule has 2 aromatic heterocycles. The van der Waals surface area contributed by atoms with Crippen molar-refractivity contribution in [1.29, 1.82) is 0 Å². The average molecular weight is 385 g/mol. The molecule has 152 valence electrons. The largest absolute Gasteiger partial charge is 0.396 e. The van der Waals surface area contributed by atoms with Crippen LogP contribution in [0.5, 0.6) is 0 Å². The number of anilines is 1. The fraction of sp³-hybridized carbons (Fsp3) is 0.619. The molecule has 0 radical (unpaired) electrons. The number of piperidine rings is 1. The van der Waals surface area contributed by atoms with Gasteiger partial charge in [-0.05, 0) is 25.5 Å². The van der Waals surface area contributed by atoms with Crippen LogP contribution in [0.4, 0.5) is 5.82 Å². The zero-order valence-corrected chi connectivity index (χ0v) is 16.8. The Labute approximate surface area is 167 Å². The van der Waals surface area contributed by atoms with Gasteiger partial charge in [0.15, 0.2) is 0 Å². The predicted molar refractivity (Wildman–Crippen MR) is 110 cm³/mol. The monoisotopic (exact) mass is 384 g/mol. The van der Waals surface area contributed by atoms with E-state index in [1.807, 2.05) is 23.1 Å². The SMILES string of the molecule is CCn1cc(CN2CCN(C3CN(c4ccccn4)CCC3CO)CC2)cn1. The molecule has 0 bridgehead atoms. The summed E-state index contributed by atoms with van der Waals surface area (Å²) < 4.78 is 1.99. The molecular weight excluding hydrogens is 352 g/mol. The third-order valence-corrected chi connectivity index (χ3v) is 6.22. The van der Waals surface area contributed by atoms with E-state index in [4.69, 9.17) is 0 Å². The number of aromatic nitrogens is 3. The van der Waals surface area contributed by atoms with Crippen molar-refractivity contribution in [3.05, 3.63) is 42.4 Å². The average Bonchev–Trinajstić information content (AvgIpc) is 3.22. The van der Waals surface area contributed by atoms with Crippen LogP contribution in [0.1, 0.15) is 18.9 Å². The summed E-state index contributed by atoms with van der Waals surface area (Å²) in [4.78, 5) is 12.0. The van der Waals surface area contributed by atoms with Crippen molar-refractivity contribution in [3.63, 3.8) is 0 Å². The van der Waals surface area contributed by atoms with Gasteiger partial charge in [0.1, 0.15) is 5.82 Å². The molecule has 1 N–H and O–H groups in total. The number of aliphatic hydroxyl groups excluding tert-OH is 1. The van der Waals surface area contributed by atoms with Crippen LogP contribution >= 0.6 is 0 Å². The van der Waals surface area contributed by atoms with Crippen LogP contribution < -0.4 is 4.90 Å². The van der Waals surface area contributed by atoms with Crippen molar-refractivity contribution >= 4 is 5.82 Å². The Hall–Kier alpha value is -1.96. The Kier molecular flexibility index (Phi) is 6.24. The summed E-state index contributed by atoms with van der Waals surface area (Å²) in [7, 11) is 0. The Morgan fingerprint density at radius 3 is 2.68 bits per heavy atom. The molecular formula is C21H32N6O. The van der Waals surface area contributed by atoms with Gasteiger partial charge in [-0.15, -0.1) is 0 Å². The summed E-state index contributed by atoms with van der Waals surface area (Å²) in [5.74, 6) is 1.41. The number of hydrogen-bond donors (Lipinski definition) is 1. The minimum absolute atomic E-state index is 0.275. The molecule has 0 saturated carbocycles. The summed E-state index contributed by atoms with van der Waals surface area (Å²) >= 11 is 0. The van der Waals surface area contributed by atoms with Crippen molar-refractivity contribution in [3.8, 4) is 0 Å². The lowest BCUT2D eigenvalue weighted by atomic mass is 9.90. The summed E-state index contributed by atoms with van der Waals surface area (Å²) in [5.41, 5.74) is 1.29. The molecule has 0 aromatic carbocycles. The van der Waals surface area contributed by atoms with Crippen molar-refractivity contribution in [2.24, 2.45) is 5.92 Å². The van der Waals surface area contributed by atoms with Gasteiger partial charge in [-0.2, -0.15) is 5.10 Å². The van der Waals surface area contributed by atoms with Crippen molar-refractivity contribution in [2.45, 2.75) is 32.5 Å². The van der Waals surface area contributed by atoms with Gasteiger partial charge in [0.05, 0.1) is 6.20 Å².